The minimum absolute atomic E-state index is 0.859. The van der Waals surface area contributed by atoms with Crippen LogP contribution in [0.25, 0.3) is 0 Å². The first-order chi connectivity index (χ1) is 7.84. The van der Waals surface area contributed by atoms with E-state index in [1.54, 1.807) is 0 Å². The molecule has 88 valence electrons. The summed E-state index contributed by atoms with van der Waals surface area (Å²) in [4.78, 5) is 1.37. The Kier molecular flexibility index (Phi) is 5.20. The second kappa shape index (κ2) is 6.67. The maximum atomic E-state index is 3.55. The van der Waals surface area contributed by atoms with E-state index >= 15 is 0 Å². The van der Waals surface area contributed by atoms with Gasteiger partial charge in [0, 0.05) is 15.4 Å². The van der Waals surface area contributed by atoms with Gasteiger partial charge in [0.2, 0.25) is 0 Å². The van der Waals surface area contributed by atoms with Crippen LogP contribution in [-0.4, -0.2) is 18.3 Å². The molecule has 1 nitrogen and oxygen atoms in total. The van der Waals surface area contributed by atoms with Crippen LogP contribution in [0.3, 0.4) is 0 Å². The quantitative estimate of drug-likeness (QED) is 0.601. The maximum absolute atomic E-state index is 3.55. The number of nitrogens with one attached hydrogen (secondary N) is 1. The molecule has 0 radical (unpaired) electrons. The molecule has 0 saturated heterocycles. The Balaban J connectivity index is 1.53. The molecular weight excluding hydrogens is 282 g/mol. The highest BCUT2D eigenvalue weighted by Crippen LogP contribution is 2.23. The van der Waals surface area contributed by atoms with E-state index in [1.165, 1.54) is 47.3 Å². The minimum atomic E-state index is 0.859. The normalized spacial score (nSPS) is 15.3. The third-order valence-corrected chi connectivity index (χ3v) is 4.22. The van der Waals surface area contributed by atoms with Crippen LogP contribution in [0, 0.1) is 0 Å². The number of rotatable bonds is 7. The molecule has 0 amide bonds. The predicted molar refractivity (Wildman–Crippen MR) is 75.1 cm³/mol. The lowest BCUT2D eigenvalue weighted by Crippen LogP contribution is -2.17. The third-order valence-electron chi connectivity index (χ3n) is 2.65. The summed E-state index contributed by atoms with van der Waals surface area (Å²) >= 11 is 5.45. The number of benzene rings is 1. The van der Waals surface area contributed by atoms with Crippen molar-refractivity contribution in [2.75, 3.05) is 12.3 Å². The molecule has 16 heavy (non-hydrogen) atoms. The fraction of sp³-hybridized carbons (Fsp3) is 0.538. The fourth-order valence-electron chi connectivity index (χ4n) is 1.57. The zero-order chi connectivity index (χ0) is 11.2. The molecule has 1 aromatic rings. The van der Waals surface area contributed by atoms with Gasteiger partial charge in [-0.15, -0.1) is 11.8 Å². The van der Waals surface area contributed by atoms with Gasteiger partial charge in [0.05, 0.1) is 0 Å². The highest BCUT2D eigenvalue weighted by atomic mass is 79.9. The highest BCUT2D eigenvalue weighted by molar-refractivity contribution is 9.10. The Morgan fingerprint density at radius 1 is 1.31 bits per heavy atom. The van der Waals surface area contributed by atoms with Crippen molar-refractivity contribution in [3.8, 4) is 0 Å². The summed E-state index contributed by atoms with van der Waals surface area (Å²) in [7, 11) is 0. The van der Waals surface area contributed by atoms with E-state index in [9.17, 15) is 0 Å². The zero-order valence-corrected chi connectivity index (χ0v) is 11.8. The molecule has 1 aliphatic rings. The first-order valence-corrected chi connectivity index (χ1v) is 7.74. The number of hydrogen-bond acceptors (Lipinski definition) is 2. The van der Waals surface area contributed by atoms with Gasteiger partial charge in [-0.1, -0.05) is 22.0 Å². The van der Waals surface area contributed by atoms with E-state index in [0.29, 0.717) is 0 Å². The third kappa shape index (κ3) is 4.89. The van der Waals surface area contributed by atoms with Crippen molar-refractivity contribution in [2.24, 2.45) is 0 Å². The average molecular weight is 300 g/mol. The van der Waals surface area contributed by atoms with Crippen molar-refractivity contribution in [1.29, 1.82) is 0 Å². The maximum Gasteiger partial charge on any atom is 0.0186 e. The smallest absolute Gasteiger partial charge is 0.0186 e. The van der Waals surface area contributed by atoms with Crippen LogP contribution in [0.2, 0.25) is 0 Å². The van der Waals surface area contributed by atoms with E-state index in [1.807, 2.05) is 11.8 Å². The predicted octanol–water partition coefficient (Wildman–Crippen LogP) is 4.07. The van der Waals surface area contributed by atoms with Crippen molar-refractivity contribution in [1.82, 2.24) is 5.32 Å². The molecule has 0 heterocycles. The average Bonchev–Trinajstić information content (AvgIpc) is 3.07. The van der Waals surface area contributed by atoms with Gasteiger partial charge in [-0.3, -0.25) is 0 Å². The van der Waals surface area contributed by atoms with Gasteiger partial charge < -0.3 is 5.32 Å². The lowest BCUT2D eigenvalue weighted by Gasteiger charge is -2.03. The molecule has 0 spiro atoms. The largest absolute Gasteiger partial charge is 0.314 e. The first kappa shape index (κ1) is 12.5. The van der Waals surface area contributed by atoms with Crippen LogP contribution < -0.4 is 5.32 Å². The molecule has 0 aliphatic heterocycles. The number of halogens is 1. The van der Waals surface area contributed by atoms with Gasteiger partial charge >= 0.3 is 0 Å². The summed E-state index contributed by atoms with van der Waals surface area (Å²) in [6.07, 6.45) is 5.40. The number of hydrogen-bond donors (Lipinski definition) is 1. The standard InChI is InChI=1S/C13H18BrNS/c14-11-4-3-5-13(10-11)16-9-2-1-8-15-12-6-7-12/h3-5,10,12,15H,1-2,6-9H2. The number of thioether (sulfide) groups is 1. The van der Waals surface area contributed by atoms with Gasteiger partial charge in [-0.05, 0) is 56.2 Å². The van der Waals surface area contributed by atoms with E-state index in [-0.39, 0.29) is 0 Å². The van der Waals surface area contributed by atoms with Gasteiger partial charge in [0.15, 0.2) is 0 Å². The molecule has 1 saturated carbocycles. The molecule has 0 atom stereocenters. The lowest BCUT2D eigenvalue weighted by atomic mass is 10.3. The van der Waals surface area contributed by atoms with Crippen molar-refractivity contribution < 1.29 is 0 Å². The molecule has 0 aromatic heterocycles. The second-order valence-electron chi connectivity index (χ2n) is 4.24. The Labute approximate surface area is 111 Å². The summed E-state index contributed by atoms with van der Waals surface area (Å²) in [5.74, 6) is 1.23. The van der Waals surface area contributed by atoms with Crippen LogP contribution >= 0.6 is 27.7 Å². The summed E-state index contributed by atoms with van der Waals surface area (Å²) in [6.45, 7) is 1.20. The Bertz CT molecular complexity index is 325. The van der Waals surface area contributed by atoms with Crippen LogP contribution in [0.1, 0.15) is 25.7 Å². The molecule has 1 aromatic carbocycles. The van der Waals surface area contributed by atoms with Gasteiger partial charge in [-0.25, -0.2) is 0 Å². The van der Waals surface area contributed by atoms with E-state index in [2.05, 4.69) is 45.5 Å². The van der Waals surface area contributed by atoms with Crippen molar-refractivity contribution >= 4 is 27.7 Å². The van der Waals surface area contributed by atoms with Gasteiger partial charge in [-0.2, -0.15) is 0 Å². The highest BCUT2D eigenvalue weighted by Gasteiger charge is 2.19. The lowest BCUT2D eigenvalue weighted by molar-refractivity contribution is 0.640. The summed E-state index contributed by atoms with van der Waals surface area (Å²) in [5, 5.41) is 3.55. The number of unbranched alkanes of at least 4 members (excludes halogenated alkanes) is 1. The topological polar surface area (TPSA) is 12.0 Å². The van der Waals surface area contributed by atoms with Crippen LogP contribution in [0.5, 0.6) is 0 Å². The summed E-state index contributed by atoms with van der Waals surface area (Å²) in [6, 6.07) is 9.40. The Hall–Kier alpha value is 0.01000. The SMILES string of the molecule is Brc1cccc(SCCCCNC2CC2)c1. The van der Waals surface area contributed by atoms with Gasteiger partial charge in [0.1, 0.15) is 0 Å². The van der Waals surface area contributed by atoms with E-state index < -0.39 is 0 Å². The van der Waals surface area contributed by atoms with Gasteiger partial charge in [0.25, 0.3) is 0 Å². The molecule has 2 rings (SSSR count). The molecule has 0 bridgehead atoms. The van der Waals surface area contributed by atoms with Crippen LogP contribution in [0.15, 0.2) is 33.6 Å². The minimum Gasteiger partial charge on any atom is -0.314 e. The van der Waals surface area contributed by atoms with Crippen molar-refractivity contribution in [3.05, 3.63) is 28.7 Å². The summed E-state index contributed by atoms with van der Waals surface area (Å²) < 4.78 is 1.17. The Morgan fingerprint density at radius 3 is 2.94 bits per heavy atom. The molecule has 1 N–H and O–H groups in total. The van der Waals surface area contributed by atoms with Crippen molar-refractivity contribution in [3.63, 3.8) is 0 Å². The van der Waals surface area contributed by atoms with Crippen molar-refractivity contribution in [2.45, 2.75) is 36.6 Å². The molecule has 3 heteroatoms. The molecule has 1 aliphatic carbocycles. The van der Waals surface area contributed by atoms with E-state index in [0.717, 1.165) is 6.04 Å². The summed E-state index contributed by atoms with van der Waals surface area (Å²) in [5.41, 5.74) is 0. The first-order valence-electron chi connectivity index (χ1n) is 5.96. The van der Waals surface area contributed by atoms with Crippen LogP contribution in [-0.2, 0) is 0 Å². The fourth-order valence-corrected chi connectivity index (χ4v) is 3.09. The second-order valence-corrected chi connectivity index (χ2v) is 6.33. The zero-order valence-electron chi connectivity index (χ0n) is 9.42. The van der Waals surface area contributed by atoms with Crippen LogP contribution in [0.4, 0.5) is 0 Å². The molecule has 1 fully saturated rings. The Morgan fingerprint density at radius 2 is 2.19 bits per heavy atom. The molecule has 0 unspecified atom stereocenters. The monoisotopic (exact) mass is 299 g/mol. The van der Waals surface area contributed by atoms with E-state index in [4.69, 9.17) is 0 Å². The molecular formula is C13H18BrNS.